The molecule has 0 spiro atoms. The van der Waals surface area contributed by atoms with Crippen molar-refractivity contribution in [3.63, 3.8) is 0 Å². The Morgan fingerprint density at radius 3 is 2.16 bits per heavy atom. The number of carbonyl (C=O) groups is 3. The van der Waals surface area contributed by atoms with Crippen molar-refractivity contribution in [1.82, 2.24) is 5.32 Å². The van der Waals surface area contributed by atoms with E-state index in [4.69, 9.17) is 9.47 Å². The van der Waals surface area contributed by atoms with Crippen LogP contribution in [0.15, 0.2) is 108 Å². The van der Waals surface area contributed by atoms with Crippen molar-refractivity contribution in [2.75, 3.05) is 24.9 Å². The van der Waals surface area contributed by atoms with Gasteiger partial charge in [0.25, 0.3) is 11.8 Å². The molecule has 0 saturated heterocycles. The van der Waals surface area contributed by atoms with Gasteiger partial charge in [0.2, 0.25) is 5.91 Å². The monoisotopic (exact) mass is 595 g/mol. The lowest BCUT2D eigenvalue weighted by molar-refractivity contribution is -0.115. The summed E-state index contributed by atoms with van der Waals surface area (Å²) in [4.78, 5) is 39.9. The van der Waals surface area contributed by atoms with Crippen molar-refractivity contribution in [3.8, 4) is 11.5 Å². The molecule has 0 aliphatic carbocycles. The molecule has 0 bridgehead atoms. The Hall–Kier alpha value is -5.02. The molecule has 3 N–H and O–H groups in total. The quantitative estimate of drug-likeness (QED) is 0.134. The van der Waals surface area contributed by atoms with Crippen molar-refractivity contribution < 1.29 is 23.9 Å². The first-order valence-electron chi connectivity index (χ1n) is 13.5. The molecule has 1 unspecified atom stereocenters. The second kappa shape index (κ2) is 14.7. The highest BCUT2D eigenvalue weighted by Gasteiger charge is 2.17. The molecule has 4 aromatic carbocycles. The highest BCUT2D eigenvalue weighted by molar-refractivity contribution is 8.00. The smallest absolute Gasteiger partial charge is 0.272 e. The Balaban J connectivity index is 1.47. The molecule has 0 aromatic heterocycles. The lowest BCUT2D eigenvalue weighted by atomic mass is 10.1. The van der Waals surface area contributed by atoms with Crippen LogP contribution in [-0.4, -0.2) is 37.2 Å². The van der Waals surface area contributed by atoms with E-state index in [0.29, 0.717) is 28.3 Å². The average molecular weight is 596 g/mol. The van der Waals surface area contributed by atoms with Crippen LogP contribution in [0.25, 0.3) is 6.08 Å². The first-order chi connectivity index (χ1) is 20.7. The summed E-state index contributed by atoms with van der Waals surface area (Å²) in [6.07, 6.45) is 1.57. The SMILES string of the molecule is COc1ccc(/C=C(\NC(=O)c2ccccc2)C(=O)Nc2ccc(SC(C)C(=O)Nc3cccc(C)c3)cc2)cc1OC. The molecule has 0 fully saturated rings. The molecule has 8 nitrogen and oxygen atoms in total. The Morgan fingerprint density at radius 2 is 1.49 bits per heavy atom. The van der Waals surface area contributed by atoms with Crippen LogP contribution in [0.5, 0.6) is 11.5 Å². The maximum absolute atomic E-state index is 13.4. The standard InChI is InChI=1S/C34H33N3O5S/c1-22-9-8-12-27(19-22)36-32(38)23(2)43-28-16-14-26(15-17-28)35-34(40)29(37-33(39)25-10-6-5-7-11-25)20-24-13-18-30(41-3)31(21-24)42-4/h5-21,23H,1-4H3,(H,35,40)(H,36,38)(H,37,39)/b29-20-. The van der Waals surface area contributed by atoms with E-state index in [2.05, 4.69) is 16.0 Å². The summed E-state index contributed by atoms with van der Waals surface area (Å²) in [6, 6.07) is 28.6. The van der Waals surface area contributed by atoms with E-state index in [1.165, 1.54) is 26.0 Å². The third kappa shape index (κ3) is 8.73. The molecule has 220 valence electrons. The number of nitrogens with one attached hydrogen (secondary N) is 3. The van der Waals surface area contributed by atoms with Crippen LogP contribution >= 0.6 is 11.8 Å². The Labute approximate surface area is 255 Å². The third-order valence-corrected chi connectivity index (χ3v) is 7.44. The average Bonchev–Trinajstić information content (AvgIpc) is 3.01. The van der Waals surface area contributed by atoms with E-state index in [-0.39, 0.29) is 16.9 Å². The molecule has 4 aromatic rings. The summed E-state index contributed by atoms with van der Waals surface area (Å²) < 4.78 is 10.7. The number of hydrogen-bond donors (Lipinski definition) is 3. The number of ether oxygens (including phenoxy) is 2. The van der Waals surface area contributed by atoms with E-state index in [0.717, 1.165) is 16.1 Å². The normalized spacial score (nSPS) is 11.7. The number of benzene rings is 4. The van der Waals surface area contributed by atoms with Gasteiger partial charge in [0.05, 0.1) is 19.5 Å². The zero-order chi connectivity index (χ0) is 30.8. The Bertz CT molecular complexity index is 1620. The van der Waals surface area contributed by atoms with Crippen molar-refractivity contribution >= 4 is 46.9 Å². The maximum Gasteiger partial charge on any atom is 0.272 e. The van der Waals surface area contributed by atoms with Crippen LogP contribution < -0.4 is 25.4 Å². The summed E-state index contributed by atoms with van der Waals surface area (Å²) in [5.74, 6) is -0.0104. The van der Waals surface area contributed by atoms with Crippen LogP contribution in [0.1, 0.15) is 28.4 Å². The fourth-order valence-electron chi connectivity index (χ4n) is 4.09. The molecule has 4 rings (SSSR count). The molecule has 3 amide bonds. The third-order valence-electron chi connectivity index (χ3n) is 6.33. The topological polar surface area (TPSA) is 106 Å². The molecule has 0 aliphatic rings. The first kappa shape index (κ1) is 30.9. The first-order valence-corrected chi connectivity index (χ1v) is 14.4. The molecule has 0 radical (unpaired) electrons. The molecular formula is C34H33N3O5S. The highest BCUT2D eigenvalue weighted by atomic mass is 32.2. The van der Waals surface area contributed by atoms with Gasteiger partial charge in [0.15, 0.2) is 11.5 Å². The lowest BCUT2D eigenvalue weighted by Gasteiger charge is -2.14. The molecule has 0 heterocycles. The minimum atomic E-state index is -0.509. The lowest BCUT2D eigenvalue weighted by Crippen LogP contribution is -2.30. The van der Waals surface area contributed by atoms with Gasteiger partial charge in [-0.05, 0) is 91.7 Å². The van der Waals surface area contributed by atoms with Crippen molar-refractivity contribution in [2.45, 2.75) is 24.0 Å². The minimum absolute atomic E-state index is 0.0426. The van der Waals surface area contributed by atoms with E-state index < -0.39 is 11.8 Å². The number of aryl methyl sites for hydroxylation is 1. The van der Waals surface area contributed by atoms with Gasteiger partial charge in [0, 0.05) is 21.8 Å². The summed E-state index contributed by atoms with van der Waals surface area (Å²) >= 11 is 1.41. The van der Waals surface area contributed by atoms with E-state index in [9.17, 15) is 14.4 Å². The number of anilines is 2. The van der Waals surface area contributed by atoms with E-state index in [1.54, 1.807) is 60.7 Å². The van der Waals surface area contributed by atoms with Gasteiger partial charge in [-0.25, -0.2) is 0 Å². The molecule has 0 saturated carbocycles. The summed E-state index contributed by atoms with van der Waals surface area (Å²) in [5, 5.41) is 8.17. The molecular weight excluding hydrogens is 562 g/mol. The van der Waals surface area contributed by atoms with Crippen LogP contribution in [0.3, 0.4) is 0 Å². The maximum atomic E-state index is 13.4. The largest absolute Gasteiger partial charge is 0.493 e. The predicted octanol–water partition coefficient (Wildman–Crippen LogP) is 6.54. The summed E-state index contributed by atoms with van der Waals surface area (Å²) in [5.41, 5.74) is 3.43. The number of amides is 3. The molecule has 9 heteroatoms. The fourth-order valence-corrected chi connectivity index (χ4v) is 4.96. The summed E-state index contributed by atoms with van der Waals surface area (Å²) in [6.45, 7) is 3.81. The Kier molecular flexibility index (Phi) is 10.6. The number of rotatable bonds is 11. The molecule has 43 heavy (non-hydrogen) atoms. The van der Waals surface area contributed by atoms with Gasteiger partial charge in [-0.15, -0.1) is 11.8 Å². The zero-order valence-electron chi connectivity index (χ0n) is 24.3. The van der Waals surface area contributed by atoms with Gasteiger partial charge in [-0.1, -0.05) is 36.4 Å². The Morgan fingerprint density at radius 1 is 0.767 bits per heavy atom. The fraction of sp³-hybridized carbons (Fsp3) is 0.147. The molecule has 0 aliphatic heterocycles. The van der Waals surface area contributed by atoms with Gasteiger partial charge < -0.3 is 25.4 Å². The van der Waals surface area contributed by atoms with E-state index >= 15 is 0 Å². The summed E-state index contributed by atoms with van der Waals surface area (Å²) in [7, 11) is 3.06. The molecule has 1 atom stereocenters. The second-order valence-electron chi connectivity index (χ2n) is 9.59. The van der Waals surface area contributed by atoms with Gasteiger partial charge >= 0.3 is 0 Å². The van der Waals surface area contributed by atoms with Gasteiger partial charge in [-0.3, -0.25) is 14.4 Å². The van der Waals surface area contributed by atoms with Crippen molar-refractivity contribution in [2.24, 2.45) is 0 Å². The van der Waals surface area contributed by atoms with Gasteiger partial charge in [0.1, 0.15) is 5.70 Å². The van der Waals surface area contributed by atoms with E-state index in [1.807, 2.05) is 56.3 Å². The zero-order valence-corrected chi connectivity index (χ0v) is 25.2. The van der Waals surface area contributed by atoms with Crippen LogP contribution in [0.2, 0.25) is 0 Å². The number of carbonyl (C=O) groups excluding carboxylic acids is 3. The van der Waals surface area contributed by atoms with Gasteiger partial charge in [-0.2, -0.15) is 0 Å². The minimum Gasteiger partial charge on any atom is -0.493 e. The predicted molar refractivity (Wildman–Crippen MR) is 172 cm³/mol. The number of hydrogen-bond acceptors (Lipinski definition) is 6. The number of thioether (sulfide) groups is 1. The van der Waals surface area contributed by atoms with Crippen molar-refractivity contribution in [1.29, 1.82) is 0 Å². The van der Waals surface area contributed by atoms with Crippen molar-refractivity contribution in [3.05, 3.63) is 119 Å². The highest BCUT2D eigenvalue weighted by Crippen LogP contribution is 2.29. The second-order valence-corrected chi connectivity index (χ2v) is 11.0. The van der Waals surface area contributed by atoms with Crippen LogP contribution in [0, 0.1) is 6.92 Å². The van der Waals surface area contributed by atoms with Crippen LogP contribution in [-0.2, 0) is 9.59 Å². The van der Waals surface area contributed by atoms with Crippen LogP contribution in [0.4, 0.5) is 11.4 Å². The number of methoxy groups -OCH3 is 2.